The van der Waals surface area contributed by atoms with E-state index in [0.717, 1.165) is 11.1 Å². The number of halogens is 1. The summed E-state index contributed by atoms with van der Waals surface area (Å²) in [6.07, 6.45) is -1.61. The third-order valence-corrected chi connectivity index (χ3v) is 4.80. The molecule has 2 aromatic carbocycles. The highest BCUT2D eigenvalue weighted by atomic mass is 35.5. The summed E-state index contributed by atoms with van der Waals surface area (Å²) < 4.78 is 0. The average molecular weight is 404 g/mol. The number of anilines is 1. The summed E-state index contributed by atoms with van der Waals surface area (Å²) >= 11 is 5.83. The van der Waals surface area contributed by atoms with Crippen LogP contribution in [0.3, 0.4) is 0 Å². The first-order chi connectivity index (χ1) is 13.4. The van der Waals surface area contributed by atoms with Crippen LogP contribution in [0.5, 0.6) is 0 Å². The molecule has 3 amide bonds. The highest BCUT2D eigenvalue weighted by Gasteiger charge is 2.32. The number of nitrogens with one attached hydrogen (secondary N) is 2. The van der Waals surface area contributed by atoms with Gasteiger partial charge in [-0.3, -0.25) is 4.79 Å². The van der Waals surface area contributed by atoms with Crippen molar-refractivity contribution in [2.45, 2.75) is 25.2 Å². The van der Waals surface area contributed by atoms with Gasteiger partial charge in [-0.1, -0.05) is 35.9 Å². The first-order valence-electron chi connectivity index (χ1n) is 8.93. The molecular formula is C20H22ClN3O4. The fraction of sp³-hybridized carbons (Fsp3) is 0.300. The third-order valence-electron chi connectivity index (χ3n) is 4.55. The Labute approximate surface area is 167 Å². The molecule has 1 fully saturated rings. The Morgan fingerprint density at radius 1 is 0.964 bits per heavy atom. The van der Waals surface area contributed by atoms with Gasteiger partial charge in [-0.25, -0.2) is 4.79 Å². The summed E-state index contributed by atoms with van der Waals surface area (Å²) in [5.41, 5.74) is 2.33. The molecule has 1 heterocycles. The minimum atomic E-state index is -0.887. The van der Waals surface area contributed by atoms with Crippen molar-refractivity contribution in [3.63, 3.8) is 0 Å². The SMILES string of the molecule is O=C(NCc1ccc(Cl)cc1)Nc1ccc(CC(=O)N2C[C@@H](O)[C@H](O)C2)cc1. The minimum absolute atomic E-state index is 0.146. The van der Waals surface area contributed by atoms with Gasteiger partial charge in [0.2, 0.25) is 5.91 Å². The second-order valence-corrected chi connectivity index (χ2v) is 7.18. The van der Waals surface area contributed by atoms with Gasteiger partial charge in [-0.15, -0.1) is 0 Å². The molecule has 8 heteroatoms. The van der Waals surface area contributed by atoms with Crippen molar-refractivity contribution in [2.75, 3.05) is 18.4 Å². The van der Waals surface area contributed by atoms with Crippen LogP contribution >= 0.6 is 11.6 Å². The second kappa shape index (κ2) is 9.05. The summed E-state index contributed by atoms with van der Waals surface area (Å²) in [6, 6.07) is 13.8. The van der Waals surface area contributed by atoms with E-state index in [1.807, 2.05) is 12.1 Å². The number of likely N-dealkylation sites (tertiary alicyclic amines) is 1. The topological polar surface area (TPSA) is 102 Å². The summed E-state index contributed by atoms with van der Waals surface area (Å²) in [6.45, 7) is 0.671. The molecule has 2 aromatic rings. The summed E-state index contributed by atoms with van der Waals surface area (Å²) in [5, 5.41) is 25.2. The summed E-state index contributed by atoms with van der Waals surface area (Å²) in [4.78, 5) is 25.7. The number of hydrogen-bond acceptors (Lipinski definition) is 4. The molecule has 0 aliphatic carbocycles. The molecule has 2 atom stereocenters. The van der Waals surface area contributed by atoms with Gasteiger partial charge < -0.3 is 25.7 Å². The van der Waals surface area contributed by atoms with E-state index in [0.29, 0.717) is 17.3 Å². The molecule has 1 aliphatic heterocycles. The van der Waals surface area contributed by atoms with Crippen LogP contribution in [-0.2, 0) is 17.8 Å². The lowest BCUT2D eigenvalue weighted by molar-refractivity contribution is -0.129. The Kier molecular flexibility index (Phi) is 6.51. The van der Waals surface area contributed by atoms with Crippen molar-refractivity contribution in [1.29, 1.82) is 0 Å². The van der Waals surface area contributed by atoms with Crippen molar-refractivity contribution >= 4 is 29.2 Å². The highest BCUT2D eigenvalue weighted by molar-refractivity contribution is 6.30. The smallest absolute Gasteiger partial charge is 0.319 e. The van der Waals surface area contributed by atoms with Crippen molar-refractivity contribution in [3.05, 3.63) is 64.7 Å². The maximum absolute atomic E-state index is 12.2. The predicted octanol–water partition coefficient (Wildman–Crippen LogP) is 1.77. The summed E-state index contributed by atoms with van der Waals surface area (Å²) in [7, 11) is 0. The average Bonchev–Trinajstić information content (AvgIpc) is 3.02. The van der Waals surface area contributed by atoms with Crippen LogP contribution in [0.15, 0.2) is 48.5 Å². The normalized spacial score (nSPS) is 18.8. The van der Waals surface area contributed by atoms with Crippen molar-refractivity contribution in [3.8, 4) is 0 Å². The molecule has 0 radical (unpaired) electrons. The van der Waals surface area contributed by atoms with E-state index in [1.165, 1.54) is 4.90 Å². The molecule has 0 spiro atoms. The van der Waals surface area contributed by atoms with E-state index in [1.54, 1.807) is 36.4 Å². The van der Waals surface area contributed by atoms with E-state index >= 15 is 0 Å². The van der Waals surface area contributed by atoms with Crippen LogP contribution in [0.1, 0.15) is 11.1 Å². The standard InChI is InChI=1S/C20H22ClN3O4/c21-15-5-1-14(2-6-15)10-22-20(28)23-16-7-3-13(4-8-16)9-19(27)24-11-17(25)18(26)12-24/h1-8,17-18,25-26H,9-12H2,(H2,22,23,28)/t17-,18-/m1/s1. The molecule has 1 saturated heterocycles. The highest BCUT2D eigenvalue weighted by Crippen LogP contribution is 2.15. The number of hydrogen-bond donors (Lipinski definition) is 4. The number of amides is 3. The second-order valence-electron chi connectivity index (χ2n) is 6.74. The molecule has 0 aromatic heterocycles. The van der Waals surface area contributed by atoms with Crippen LogP contribution < -0.4 is 10.6 Å². The quantitative estimate of drug-likeness (QED) is 0.611. The number of nitrogens with zero attached hydrogens (tertiary/aromatic N) is 1. The number of urea groups is 1. The first kappa shape index (κ1) is 20.1. The van der Waals surface area contributed by atoms with Gasteiger partial charge in [0.05, 0.1) is 18.6 Å². The zero-order valence-corrected chi connectivity index (χ0v) is 15.9. The maximum atomic E-state index is 12.2. The van der Waals surface area contributed by atoms with Gasteiger partial charge in [-0.2, -0.15) is 0 Å². The third kappa shape index (κ3) is 5.45. The van der Waals surface area contributed by atoms with Crippen molar-refractivity contribution < 1.29 is 19.8 Å². The van der Waals surface area contributed by atoms with Gasteiger partial charge in [0.1, 0.15) is 0 Å². The first-order valence-corrected chi connectivity index (χ1v) is 9.30. The Bertz CT molecular complexity index is 816. The van der Waals surface area contributed by atoms with Crippen LogP contribution in [0.25, 0.3) is 0 Å². The lowest BCUT2D eigenvalue weighted by atomic mass is 10.1. The Balaban J connectivity index is 1.46. The maximum Gasteiger partial charge on any atom is 0.319 e. The molecule has 4 N–H and O–H groups in total. The number of aliphatic hydroxyl groups is 2. The largest absolute Gasteiger partial charge is 0.388 e. The van der Waals surface area contributed by atoms with Gasteiger partial charge in [0.15, 0.2) is 0 Å². The Hall–Kier alpha value is -2.61. The van der Waals surface area contributed by atoms with Gasteiger partial charge in [0.25, 0.3) is 0 Å². The fourth-order valence-electron chi connectivity index (χ4n) is 2.93. The molecule has 0 bridgehead atoms. The number of aliphatic hydroxyl groups excluding tert-OH is 2. The van der Waals surface area contributed by atoms with E-state index in [9.17, 15) is 19.8 Å². The molecule has 148 valence electrons. The molecule has 28 heavy (non-hydrogen) atoms. The Morgan fingerprint density at radius 2 is 1.54 bits per heavy atom. The van der Waals surface area contributed by atoms with E-state index in [2.05, 4.69) is 10.6 Å². The molecule has 0 unspecified atom stereocenters. The van der Waals surface area contributed by atoms with Crippen LogP contribution in [0.2, 0.25) is 5.02 Å². The molecular weight excluding hydrogens is 382 g/mol. The van der Waals surface area contributed by atoms with Crippen LogP contribution in [0, 0.1) is 0 Å². The van der Waals surface area contributed by atoms with Crippen molar-refractivity contribution in [2.24, 2.45) is 0 Å². The molecule has 3 rings (SSSR count). The van der Waals surface area contributed by atoms with E-state index in [4.69, 9.17) is 11.6 Å². The monoisotopic (exact) mass is 403 g/mol. The minimum Gasteiger partial charge on any atom is -0.388 e. The molecule has 0 saturated carbocycles. The zero-order chi connectivity index (χ0) is 20.1. The predicted molar refractivity (Wildman–Crippen MR) is 106 cm³/mol. The number of β-amino-alcohol motifs (C(OH)–C–C–N with tert-alkyl or cyclic N) is 2. The fourth-order valence-corrected chi connectivity index (χ4v) is 3.05. The lowest BCUT2D eigenvalue weighted by Gasteiger charge is -2.15. The lowest BCUT2D eigenvalue weighted by Crippen LogP contribution is -2.31. The van der Waals surface area contributed by atoms with Gasteiger partial charge in [0, 0.05) is 30.3 Å². The van der Waals surface area contributed by atoms with Gasteiger partial charge in [-0.05, 0) is 35.4 Å². The number of benzene rings is 2. The van der Waals surface area contributed by atoms with Crippen LogP contribution in [0.4, 0.5) is 10.5 Å². The summed E-state index contributed by atoms with van der Waals surface area (Å²) in [5.74, 6) is -0.156. The number of rotatable bonds is 5. The van der Waals surface area contributed by atoms with Crippen LogP contribution in [-0.4, -0.2) is 52.3 Å². The van der Waals surface area contributed by atoms with E-state index in [-0.39, 0.29) is 31.4 Å². The van der Waals surface area contributed by atoms with Gasteiger partial charge >= 0.3 is 6.03 Å². The van der Waals surface area contributed by atoms with Crippen molar-refractivity contribution in [1.82, 2.24) is 10.2 Å². The Morgan fingerprint density at radius 3 is 2.14 bits per heavy atom. The zero-order valence-electron chi connectivity index (χ0n) is 15.1. The van der Waals surface area contributed by atoms with E-state index < -0.39 is 12.2 Å². The number of carbonyl (C=O) groups is 2. The molecule has 7 nitrogen and oxygen atoms in total. The molecule has 1 aliphatic rings. The number of carbonyl (C=O) groups excluding carboxylic acids is 2.